The van der Waals surface area contributed by atoms with Crippen molar-refractivity contribution in [1.29, 1.82) is 0 Å². The maximum absolute atomic E-state index is 13.5. The Morgan fingerprint density at radius 2 is 1.48 bits per heavy atom. The number of amides is 1. The van der Waals surface area contributed by atoms with Crippen LogP contribution in [0.5, 0.6) is 0 Å². The van der Waals surface area contributed by atoms with E-state index in [1.54, 1.807) is 62.4 Å². The lowest BCUT2D eigenvalue weighted by Gasteiger charge is -2.24. The standard InChI is InChI=1S/C22H20Br2N2O5/c1-3-30-21(28)17-18(25-15-9-5-13(23)6-10-15)20(27)26(19(17)22(29)31-4-2)16-11-7-14(24)8-12-16/h5-12,19,25H,3-4H2,1-2H3. The van der Waals surface area contributed by atoms with Crippen LogP contribution in [-0.4, -0.2) is 37.1 Å². The van der Waals surface area contributed by atoms with Crippen molar-refractivity contribution in [3.8, 4) is 0 Å². The molecule has 2 aromatic rings. The highest BCUT2D eigenvalue weighted by Gasteiger charge is 2.49. The number of nitrogens with zero attached hydrogens (tertiary/aromatic N) is 1. The molecule has 31 heavy (non-hydrogen) atoms. The van der Waals surface area contributed by atoms with E-state index in [-0.39, 0.29) is 24.5 Å². The third kappa shape index (κ3) is 4.99. The molecule has 0 aromatic heterocycles. The number of hydrogen-bond acceptors (Lipinski definition) is 6. The second kappa shape index (κ2) is 10.1. The molecule has 1 heterocycles. The van der Waals surface area contributed by atoms with Crippen LogP contribution in [0.1, 0.15) is 13.8 Å². The average Bonchev–Trinajstić information content (AvgIpc) is 3.03. The van der Waals surface area contributed by atoms with Crippen LogP contribution in [0.25, 0.3) is 0 Å². The Bertz CT molecular complexity index is 1020. The predicted octanol–water partition coefficient (Wildman–Crippen LogP) is 4.42. The zero-order valence-electron chi connectivity index (χ0n) is 16.9. The molecule has 0 fully saturated rings. The summed E-state index contributed by atoms with van der Waals surface area (Å²) in [6, 6.07) is 12.7. The van der Waals surface area contributed by atoms with Crippen molar-refractivity contribution < 1.29 is 23.9 Å². The Kier molecular flexibility index (Phi) is 7.50. The van der Waals surface area contributed by atoms with Gasteiger partial charge in [-0.15, -0.1) is 0 Å². The minimum Gasteiger partial charge on any atom is -0.464 e. The Balaban J connectivity index is 2.13. The van der Waals surface area contributed by atoms with Gasteiger partial charge in [0, 0.05) is 20.3 Å². The van der Waals surface area contributed by atoms with Crippen LogP contribution in [0, 0.1) is 0 Å². The van der Waals surface area contributed by atoms with Gasteiger partial charge in [-0.1, -0.05) is 31.9 Å². The minimum absolute atomic E-state index is 0.0262. The fourth-order valence-electron chi connectivity index (χ4n) is 3.15. The number of anilines is 2. The number of hydrogen-bond donors (Lipinski definition) is 1. The van der Waals surface area contributed by atoms with Gasteiger partial charge < -0.3 is 14.8 Å². The van der Waals surface area contributed by atoms with Gasteiger partial charge in [0.15, 0.2) is 6.04 Å². The number of esters is 2. The molecule has 0 bridgehead atoms. The van der Waals surface area contributed by atoms with E-state index in [0.717, 1.165) is 8.95 Å². The molecule has 7 nitrogen and oxygen atoms in total. The molecule has 1 aliphatic heterocycles. The van der Waals surface area contributed by atoms with Gasteiger partial charge in [-0.25, -0.2) is 9.59 Å². The molecule has 0 saturated heterocycles. The molecule has 1 N–H and O–H groups in total. The van der Waals surface area contributed by atoms with Gasteiger partial charge in [0.05, 0.1) is 13.2 Å². The van der Waals surface area contributed by atoms with Crippen LogP contribution in [0.4, 0.5) is 11.4 Å². The first-order valence-corrected chi connectivity index (χ1v) is 11.2. The van der Waals surface area contributed by atoms with Crippen molar-refractivity contribution in [2.75, 3.05) is 23.4 Å². The summed E-state index contributed by atoms with van der Waals surface area (Å²) in [5, 5.41) is 3.00. The second-order valence-electron chi connectivity index (χ2n) is 6.45. The summed E-state index contributed by atoms with van der Waals surface area (Å²) in [6.07, 6.45) is 0. The van der Waals surface area contributed by atoms with Gasteiger partial charge in [-0.05, 0) is 62.4 Å². The van der Waals surface area contributed by atoms with Crippen LogP contribution in [0.15, 0.2) is 68.7 Å². The average molecular weight is 552 g/mol. The van der Waals surface area contributed by atoms with E-state index in [2.05, 4.69) is 37.2 Å². The fourth-order valence-corrected chi connectivity index (χ4v) is 3.68. The highest BCUT2D eigenvalue weighted by Crippen LogP contribution is 2.34. The van der Waals surface area contributed by atoms with Crippen LogP contribution in [0.2, 0.25) is 0 Å². The van der Waals surface area contributed by atoms with Gasteiger partial charge in [0.25, 0.3) is 5.91 Å². The number of rotatable bonds is 7. The van der Waals surface area contributed by atoms with Crippen molar-refractivity contribution in [2.24, 2.45) is 0 Å². The van der Waals surface area contributed by atoms with Crippen molar-refractivity contribution in [2.45, 2.75) is 19.9 Å². The summed E-state index contributed by atoms with van der Waals surface area (Å²) < 4.78 is 12.1. The third-order valence-electron chi connectivity index (χ3n) is 4.46. The first kappa shape index (κ1) is 23.0. The molecule has 1 unspecified atom stereocenters. The van der Waals surface area contributed by atoms with Crippen molar-refractivity contribution in [3.63, 3.8) is 0 Å². The normalized spacial score (nSPS) is 15.8. The molecule has 9 heteroatoms. The lowest BCUT2D eigenvalue weighted by atomic mass is 10.1. The second-order valence-corrected chi connectivity index (χ2v) is 8.28. The van der Waals surface area contributed by atoms with Crippen LogP contribution in [-0.2, 0) is 23.9 Å². The van der Waals surface area contributed by atoms with Gasteiger partial charge in [0.2, 0.25) is 0 Å². The lowest BCUT2D eigenvalue weighted by molar-refractivity contribution is -0.147. The first-order chi connectivity index (χ1) is 14.9. The number of nitrogens with one attached hydrogen (secondary N) is 1. The highest BCUT2D eigenvalue weighted by molar-refractivity contribution is 9.10. The lowest BCUT2D eigenvalue weighted by Crippen LogP contribution is -2.43. The van der Waals surface area contributed by atoms with Gasteiger partial charge in [0.1, 0.15) is 11.3 Å². The number of carbonyl (C=O) groups excluding carboxylic acids is 3. The largest absolute Gasteiger partial charge is 0.464 e. The SMILES string of the molecule is CCOC(=O)C1=C(Nc2ccc(Br)cc2)C(=O)N(c2ccc(Br)cc2)C1C(=O)OCC. The number of halogens is 2. The monoisotopic (exact) mass is 550 g/mol. The third-order valence-corrected chi connectivity index (χ3v) is 5.51. The molecule has 162 valence electrons. The van der Waals surface area contributed by atoms with Crippen molar-refractivity contribution in [3.05, 3.63) is 68.7 Å². The molecule has 3 rings (SSSR count). The summed E-state index contributed by atoms with van der Waals surface area (Å²) in [6.45, 7) is 3.51. The maximum atomic E-state index is 13.5. The molecule has 0 spiro atoms. The Hall–Kier alpha value is -2.65. The quantitative estimate of drug-likeness (QED) is 0.513. The smallest absolute Gasteiger partial charge is 0.339 e. The Morgan fingerprint density at radius 1 is 0.935 bits per heavy atom. The maximum Gasteiger partial charge on any atom is 0.339 e. The number of carbonyl (C=O) groups is 3. The number of benzene rings is 2. The van der Waals surface area contributed by atoms with E-state index in [4.69, 9.17) is 9.47 Å². The molecule has 1 atom stereocenters. The van der Waals surface area contributed by atoms with E-state index in [1.807, 2.05) is 0 Å². The highest BCUT2D eigenvalue weighted by atomic mass is 79.9. The van der Waals surface area contributed by atoms with Crippen LogP contribution >= 0.6 is 31.9 Å². The molecule has 0 radical (unpaired) electrons. The van der Waals surface area contributed by atoms with Gasteiger partial charge in [-0.3, -0.25) is 9.69 Å². The van der Waals surface area contributed by atoms with E-state index in [0.29, 0.717) is 11.4 Å². The molecule has 0 saturated carbocycles. The van der Waals surface area contributed by atoms with Gasteiger partial charge in [-0.2, -0.15) is 0 Å². The Morgan fingerprint density at radius 3 is 2.03 bits per heavy atom. The van der Waals surface area contributed by atoms with Crippen molar-refractivity contribution in [1.82, 2.24) is 0 Å². The fraction of sp³-hybridized carbons (Fsp3) is 0.227. The molecule has 2 aromatic carbocycles. The molecular formula is C22H20Br2N2O5. The Labute approximate surface area is 196 Å². The van der Waals surface area contributed by atoms with E-state index < -0.39 is 23.9 Å². The van der Waals surface area contributed by atoms with Crippen LogP contribution < -0.4 is 10.2 Å². The van der Waals surface area contributed by atoms with E-state index >= 15 is 0 Å². The van der Waals surface area contributed by atoms with Crippen LogP contribution in [0.3, 0.4) is 0 Å². The van der Waals surface area contributed by atoms with Crippen molar-refractivity contribution >= 4 is 61.1 Å². The molecule has 1 aliphatic rings. The summed E-state index contributed by atoms with van der Waals surface area (Å²) in [5.74, 6) is -2.01. The zero-order valence-corrected chi connectivity index (χ0v) is 20.0. The van der Waals surface area contributed by atoms with E-state index in [1.165, 1.54) is 4.90 Å². The zero-order chi connectivity index (χ0) is 22.5. The summed E-state index contributed by atoms with van der Waals surface area (Å²) in [7, 11) is 0. The summed E-state index contributed by atoms with van der Waals surface area (Å²) in [5.41, 5.74) is 0.909. The molecular weight excluding hydrogens is 532 g/mol. The topological polar surface area (TPSA) is 84.9 Å². The minimum atomic E-state index is -1.27. The van der Waals surface area contributed by atoms with Gasteiger partial charge >= 0.3 is 11.9 Å². The molecule has 1 amide bonds. The summed E-state index contributed by atoms with van der Waals surface area (Å²) >= 11 is 6.72. The molecule has 0 aliphatic carbocycles. The predicted molar refractivity (Wildman–Crippen MR) is 123 cm³/mol. The number of ether oxygens (including phenoxy) is 2. The van der Waals surface area contributed by atoms with E-state index in [9.17, 15) is 14.4 Å². The summed E-state index contributed by atoms with van der Waals surface area (Å²) in [4.78, 5) is 40.5. The first-order valence-electron chi connectivity index (χ1n) is 9.57.